The molecule has 4 heteroatoms. The summed E-state index contributed by atoms with van der Waals surface area (Å²) in [5.41, 5.74) is 1.15. The smallest absolute Gasteiger partial charge is 0.343 e. The SMILES string of the molecule is Cc1noc(C(C)C)c1C(=O)OC1CCCCC1. The first-order chi connectivity index (χ1) is 8.59. The standard InChI is InChI=1S/C14H21NO3/c1-9(2)13-12(10(3)15-18-13)14(16)17-11-7-5-4-6-8-11/h9,11H,4-8H2,1-3H3. The predicted molar refractivity (Wildman–Crippen MR) is 67.6 cm³/mol. The van der Waals surface area contributed by atoms with E-state index in [-0.39, 0.29) is 18.0 Å². The van der Waals surface area contributed by atoms with E-state index in [1.807, 2.05) is 13.8 Å². The molecule has 4 nitrogen and oxygen atoms in total. The second-order valence-electron chi connectivity index (χ2n) is 5.33. The van der Waals surface area contributed by atoms with Crippen LogP contribution in [-0.4, -0.2) is 17.2 Å². The zero-order valence-corrected chi connectivity index (χ0v) is 11.4. The lowest BCUT2D eigenvalue weighted by atomic mass is 9.97. The Kier molecular flexibility index (Phi) is 4.04. The largest absolute Gasteiger partial charge is 0.459 e. The van der Waals surface area contributed by atoms with E-state index in [2.05, 4.69) is 5.16 Å². The molecule has 1 aromatic rings. The van der Waals surface area contributed by atoms with E-state index in [0.717, 1.165) is 25.7 Å². The van der Waals surface area contributed by atoms with Gasteiger partial charge in [-0.1, -0.05) is 25.4 Å². The van der Waals surface area contributed by atoms with E-state index < -0.39 is 0 Å². The lowest BCUT2D eigenvalue weighted by molar-refractivity contribution is 0.0207. The van der Waals surface area contributed by atoms with Crippen LogP contribution in [0.2, 0.25) is 0 Å². The van der Waals surface area contributed by atoms with E-state index in [0.29, 0.717) is 17.0 Å². The summed E-state index contributed by atoms with van der Waals surface area (Å²) in [4.78, 5) is 12.2. The summed E-state index contributed by atoms with van der Waals surface area (Å²) < 4.78 is 10.8. The first kappa shape index (κ1) is 13.1. The number of aromatic nitrogens is 1. The monoisotopic (exact) mass is 251 g/mol. The summed E-state index contributed by atoms with van der Waals surface area (Å²) in [5.74, 6) is 0.498. The van der Waals surface area contributed by atoms with Crippen molar-refractivity contribution in [2.45, 2.75) is 64.9 Å². The summed E-state index contributed by atoms with van der Waals surface area (Å²) in [5, 5.41) is 3.88. The van der Waals surface area contributed by atoms with Gasteiger partial charge in [-0.3, -0.25) is 0 Å². The molecule has 0 atom stereocenters. The number of aryl methyl sites for hydroxylation is 1. The zero-order chi connectivity index (χ0) is 13.1. The zero-order valence-electron chi connectivity index (χ0n) is 11.4. The van der Waals surface area contributed by atoms with Crippen LogP contribution >= 0.6 is 0 Å². The highest BCUT2D eigenvalue weighted by atomic mass is 16.5. The van der Waals surface area contributed by atoms with Crippen molar-refractivity contribution in [2.75, 3.05) is 0 Å². The van der Waals surface area contributed by atoms with E-state index in [4.69, 9.17) is 9.26 Å². The minimum absolute atomic E-state index is 0.0700. The van der Waals surface area contributed by atoms with Gasteiger partial charge in [0, 0.05) is 5.92 Å². The van der Waals surface area contributed by atoms with Gasteiger partial charge >= 0.3 is 5.97 Å². The molecule has 0 bridgehead atoms. The average molecular weight is 251 g/mol. The molecule has 1 heterocycles. The third kappa shape index (κ3) is 2.74. The summed E-state index contributed by atoms with van der Waals surface area (Å²) in [6.07, 6.45) is 5.58. The molecule has 0 N–H and O–H groups in total. The Hall–Kier alpha value is -1.32. The second kappa shape index (κ2) is 5.55. The van der Waals surface area contributed by atoms with Crippen LogP contribution in [0.5, 0.6) is 0 Å². The molecule has 18 heavy (non-hydrogen) atoms. The van der Waals surface area contributed by atoms with Crippen molar-refractivity contribution < 1.29 is 14.1 Å². The molecule has 100 valence electrons. The maximum atomic E-state index is 12.2. The van der Waals surface area contributed by atoms with Crippen LogP contribution in [0.25, 0.3) is 0 Å². The second-order valence-corrected chi connectivity index (χ2v) is 5.33. The van der Waals surface area contributed by atoms with Gasteiger partial charge in [-0.25, -0.2) is 4.79 Å². The van der Waals surface area contributed by atoms with Crippen LogP contribution in [0.1, 0.15) is 73.7 Å². The molecule has 1 saturated carbocycles. The number of ether oxygens (including phenoxy) is 1. The average Bonchev–Trinajstić information content (AvgIpc) is 2.72. The fourth-order valence-corrected chi connectivity index (χ4v) is 2.42. The Morgan fingerprint density at radius 2 is 2.00 bits per heavy atom. The molecule has 2 rings (SSSR count). The highest BCUT2D eigenvalue weighted by molar-refractivity contribution is 5.91. The van der Waals surface area contributed by atoms with Gasteiger partial charge in [0.1, 0.15) is 11.7 Å². The first-order valence-corrected chi connectivity index (χ1v) is 6.76. The van der Waals surface area contributed by atoms with Gasteiger partial charge < -0.3 is 9.26 Å². The number of hydrogen-bond acceptors (Lipinski definition) is 4. The highest BCUT2D eigenvalue weighted by Crippen LogP contribution is 2.26. The normalized spacial score (nSPS) is 17.1. The van der Waals surface area contributed by atoms with Crippen molar-refractivity contribution in [3.63, 3.8) is 0 Å². The number of esters is 1. The molecule has 1 aliphatic carbocycles. The van der Waals surface area contributed by atoms with E-state index in [1.54, 1.807) is 6.92 Å². The van der Waals surface area contributed by atoms with Gasteiger partial charge in [0.2, 0.25) is 0 Å². The fraction of sp³-hybridized carbons (Fsp3) is 0.714. The van der Waals surface area contributed by atoms with Crippen LogP contribution in [0.15, 0.2) is 4.52 Å². The van der Waals surface area contributed by atoms with Gasteiger partial charge in [0.25, 0.3) is 0 Å². The van der Waals surface area contributed by atoms with Crippen LogP contribution in [0.3, 0.4) is 0 Å². The maximum Gasteiger partial charge on any atom is 0.343 e. The fourth-order valence-electron chi connectivity index (χ4n) is 2.42. The van der Waals surface area contributed by atoms with Crippen molar-refractivity contribution in [3.8, 4) is 0 Å². The van der Waals surface area contributed by atoms with E-state index >= 15 is 0 Å². The Morgan fingerprint density at radius 1 is 1.33 bits per heavy atom. The molecular weight excluding hydrogens is 230 g/mol. The summed E-state index contributed by atoms with van der Waals surface area (Å²) in [7, 11) is 0. The van der Waals surface area contributed by atoms with E-state index in [1.165, 1.54) is 6.42 Å². The molecule has 0 spiro atoms. The Balaban J connectivity index is 2.10. The Bertz CT molecular complexity index is 417. The lowest BCUT2D eigenvalue weighted by Crippen LogP contribution is -2.21. The Morgan fingerprint density at radius 3 is 2.61 bits per heavy atom. The highest BCUT2D eigenvalue weighted by Gasteiger charge is 2.26. The summed E-state index contributed by atoms with van der Waals surface area (Å²) in [6.45, 7) is 5.75. The van der Waals surface area contributed by atoms with Crippen LogP contribution < -0.4 is 0 Å². The third-order valence-corrected chi connectivity index (χ3v) is 3.44. The quantitative estimate of drug-likeness (QED) is 0.770. The van der Waals surface area contributed by atoms with Gasteiger partial charge in [-0.15, -0.1) is 0 Å². The first-order valence-electron chi connectivity index (χ1n) is 6.76. The van der Waals surface area contributed by atoms with Gasteiger partial charge in [0.05, 0.1) is 5.69 Å². The molecule has 0 unspecified atom stereocenters. The van der Waals surface area contributed by atoms with E-state index in [9.17, 15) is 4.79 Å². The third-order valence-electron chi connectivity index (χ3n) is 3.44. The molecule has 0 aromatic carbocycles. The molecule has 0 saturated heterocycles. The minimum Gasteiger partial charge on any atom is -0.459 e. The number of carbonyl (C=O) groups excluding carboxylic acids is 1. The number of nitrogens with zero attached hydrogens (tertiary/aromatic N) is 1. The maximum absolute atomic E-state index is 12.2. The molecule has 1 fully saturated rings. The summed E-state index contributed by atoms with van der Waals surface area (Å²) in [6, 6.07) is 0. The number of hydrogen-bond donors (Lipinski definition) is 0. The van der Waals surface area contributed by atoms with Crippen molar-refractivity contribution in [1.29, 1.82) is 0 Å². The molecule has 0 amide bonds. The van der Waals surface area contributed by atoms with Crippen LogP contribution in [0.4, 0.5) is 0 Å². The van der Waals surface area contributed by atoms with Crippen molar-refractivity contribution in [3.05, 3.63) is 17.0 Å². The van der Waals surface area contributed by atoms with Gasteiger partial charge in [0.15, 0.2) is 5.76 Å². The van der Waals surface area contributed by atoms with Crippen molar-refractivity contribution >= 4 is 5.97 Å². The van der Waals surface area contributed by atoms with Gasteiger partial charge in [-0.2, -0.15) is 0 Å². The number of carbonyl (C=O) groups is 1. The molecule has 1 aliphatic rings. The van der Waals surface area contributed by atoms with Crippen LogP contribution in [0, 0.1) is 6.92 Å². The molecular formula is C14H21NO3. The minimum atomic E-state index is -0.274. The summed E-state index contributed by atoms with van der Waals surface area (Å²) >= 11 is 0. The van der Waals surface area contributed by atoms with Crippen molar-refractivity contribution in [1.82, 2.24) is 5.16 Å². The molecule has 0 radical (unpaired) electrons. The topological polar surface area (TPSA) is 52.3 Å². The molecule has 1 aromatic heterocycles. The Labute approximate surface area is 108 Å². The van der Waals surface area contributed by atoms with Crippen LogP contribution in [-0.2, 0) is 4.74 Å². The van der Waals surface area contributed by atoms with Crippen molar-refractivity contribution in [2.24, 2.45) is 0 Å². The number of rotatable bonds is 3. The lowest BCUT2D eigenvalue weighted by Gasteiger charge is -2.21. The predicted octanol–water partition coefficient (Wildman–Crippen LogP) is 3.60. The van der Waals surface area contributed by atoms with Gasteiger partial charge in [-0.05, 0) is 32.6 Å². The molecule has 0 aliphatic heterocycles.